The van der Waals surface area contributed by atoms with Crippen molar-refractivity contribution in [2.45, 2.75) is 29.0 Å². The molecule has 1 aromatic carbocycles. The Balaban J connectivity index is 1.83. The highest BCUT2D eigenvalue weighted by atomic mass is 32.2. The molecule has 0 aliphatic carbocycles. The van der Waals surface area contributed by atoms with Crippen LogP contribution in [-0.2, 0) is 20.2 Å². The second-order valence-corrected chi connectivity index (χ2v) is 9.42. The van der Waals surface area contributed by atoms with Crippen molar-refractivity contribution in [2.24, 2.45) is 5.84 Å². The molecule has 0 saturated carbocycles. The van der Waals surface area contributed by atoms with Gasteiger partial charge in [0.05, 0.1) is 45.1 Å². The number of pyridine rings is 1. The molecule has 19 heteroatoms. The maximum Gasteiger partial charge on any atom is 0.460 e. The zero-order valence-electron chi connectivity index (χ0n) is 20.9. The Morgan fingerprint density at radius 3 is 2.54 bits per heavy atom. The van der Waals surface area contributed by atoms with Crippen LogP contribution in [0.25, 0.3) is 0 Å². The molecule has 1 aromatic heterocycles. The highest BCUT2D eigenvalue weighted by Crippen LogP contribution is 2.51. The fourth-order valence-corrected chi connectivity index (χ4v) is 4.16. The van der Waals surface area contributed by atoms with Crippen molar-refractivity contribution < 1.29 is 59.7 Å². The van der Waals surface area contributed by atoms with Gasteiger partial charge >= 0.3 is 18.0 Å². The predicted octanol–water partition coefficient (Wildman–Crippen LogP) is 3.14. The molecule has 41 heavy (non-hydrogen) atoms. The Hall–Kier alpha value is -3.10. The zero-order valence-corrected chi connectivity index (χ0v) is 21.7. The number of thioether (sulfide) groups is 1. The van der Waals surface area contributed by atoms with Crippen LogP contribution < -0.4 is 16.6 Å². The summed E-state index contributed by atoms with van der Waals surface area (Å²) in [6.45, 7) is 1.08. The number of nitrogens with zero attached hydrogens (tertiary/aromatic N) is 2. The minimum atomic E-state index is -6.64. The highest BCUT2D eigenvalue weighted by Gasteiger charge is 2.73. The third kappa shape index (κ3) is 7.41. The van der Waals surface area contributed by atoms with E-state index in [0.717, 1.165) is 5.01 Å². The van der Waals surface area contributed by atoms with Crippen LogP contribution in [-0.4, -0.2) is 72.7 Å². The van der Waals surface area contributed by atoms with Crippen LogP contribution in [0.3, 0.4) is 0 Å². The Kier molecular flexibility index (Phi) is 10.1. The third-order valence-electron chi connectivity index (χ3n) is 5.44. The summed E-state index contributed by atoms with van der Waals surface area (Å²) in [5.74, 6) is -10.4. The number of amidine groups is 1. The number of nitrogens with two attached hydrogens (primary N) is 2. The van der Waals surface area contributed by atoms with E-state index in [4.69, 9.17) is 25.6 Å². The molecule has 2 aromatic rings. The number of hydrogen-bond acceptors (Lipinski definition) is 8. The Labute approximate surface area is 230 Å². The molecular formula is C22H23F8N6O4S+. The average Bonchev–Trinajstić information content (AvgIpc) is 2.90. The van der Waals surface area contributed by atoms with Crippen LogP contribution >= 0.6 is 11.8 Å². The highest BCUT2D eigenvalue weighted by molar-refractivity contribution is 8.13. The van der Waals surface area contributed by atoms with Gasteiger partial charge in [0.25, 0.3) is 5.91 Å². The Morgan fingerprint density at radius 1 is 1.24 bits per heavy atom. The van der Waals surface area contributed by atoms with E-state index in [-0.39, 0.29) is 41.0 Å². The van der Waals surface area contributed by atoms with Gasteiger partial charge in [-0.15, -0.1) is 0 Å². The molecule has 10 nitrogen and oxygen atoms in total. The van der Waals surface area contributed by atoms with Crippen molar-refractivity contribution in [3.8, 4) is 0 Å². The predicted molar refractivity (Wildman–Crippen MR) is 127 cm³/mol. The lowest BCUT2D eigenvalue weighted by atomic mass is 10.0. The number of carbonyl (C=O) groups is 1. The van der Waals surface area contributed by atoms with Crippen molar-refractivity contribution in [3.63, 3.8) is 0 Å². The number of benzene rings is 1. The van der Waals surface area contributed by atoms with Crippen molar-refractivity contribution in [1.82, 2.24) is 9.99 Å². The molecule has 1 atom stereocenters. The summed E-state index contributed by atoms with van der Waals surface area (Å²) in [4.78, 5) is 21.2. The van der Waals surface area contributed by atoms with E-state index in [1.54, 1.807) is 0 Å². The monoisotopic (exact) mass is 619 g/mol. The number of ether oxygens (including phenoxy) is 2. The minimum Gasteiger partial charge on any atom is -0.376 e. The van der Waals surface area contributed by atoms with Crippen molar-refractivity contribution in [1.29, 1.82) is 5.41 Å². The van der Waals surface area contributed by atoms with Gasteiger partial charge in [-0.25, -0.2) is 20.1 Å². The van der Waals surface area contributed by atoms with E-state index >= 15 is 0 Å². The lowest BCUT2D eigenvalue weighted by Gasteiger charge is -2.28. The summed E-state index contributed by atoms with van der Waals surface area (Å²) in [5, 5.41) is 11.0. The van der Waals surface area contributed by atoms with E-state index < -0.39 is 47.2 Å². The number of rotatable bonds is 9. The normalized spacial score (nSPS) is 16.4. The molecule has 2 heterocycles. The molecule has 1 saturated heterocycles. The number of hydrazine groups is 1. The topological polar surface area (TPSA) is 139 Å². The summed E-state index contributed by atoms with van der Waals surface area (Å²) < 4.78 is 117. The summed E-state index contributed by atoms with van der Waals surface area (Å²) in [6.07, 6.45) is -7.17. The van der Waals surface area contributed by atoms with E-state index in [2.05, 4.69) is 4.98 Å². The van der Waals surface area contributed by atoms with E-state index in [9.17, 15) is 39.9 Å². The minimum absolute atomic E-state index is 0.0718. The van der Waals surface area contributed by atoms with Crippen molar-refractivity contribution in [3.05, 3.63) is 47.4 Å². The van der Waals surface area contributed by atoms with Gasteiger partial charge in [0.15, 0.2) is 22.5 Å². The first-order valence-electron chi connectivity index (χ1n) is 11.4. The van der Waals surface area contributed by atoms with Gasteiger partial charge < -0.3 is 14.8 Å². The summed E-state index contributed by atoms with van der Waals surface area (Å²) in [7, 11) is 1.32. The van der Waals surface area contributed by atoms with Crippen LogP contribution in [0.15, 0.2) is 35.4 Å². The van der Waals surface area contributed by atoms with E-state index in [1.807, 2.05) is 5.32 Å². The lowest BCUT2D eigenvalue weighted by molar-refractivity contribution is -0.830. The quantitative estimate of drug-likeness (QED) is 0.0639. The van der Waals surface area contributed by atoms with Crippen molar-refractivity contribution >= 4 is 34.3 Å². The van der Waals surface area contributed by atoms with Crippen molar-refractivity contribution in [2.75, 3.05) is 38.8 Å². The number of nitrogens with one attached hydrogen (secondary N) is 2. The summed E-state index contributed by atoms with van der Waals surface area (Å²) >= 11 is 0.717. The SMILES string of the molecule is CO[NH2+]c1ccc(SC(=N)N(N)CC2COCCO2)c(C(=O)Nc2ncc(C(F)(F)C(F)(F)C(F)(F)F)cc2F)c1. The van der Waals surface area contributed by atoms with Crippen LogP contribution in [0.5, 0.6) is 0 Å². The molecule has 1 aliphatic heterocycles. The number of carbonyl (C=O) groups excluding carboxylic acids is 1. The van der Waals surface area contributed by atoms with Gasteiger partial charge in [0.1, 0.15) is 0 Å². The largest absolute Gasteiger partial charge is 0.460 e. The standard InChI is InChI=1S/C22H22F8N6O4S/c1-38-35-12-2-3-16(41-19(31)36(32)9-13-10-39-4-5-40-13)14(7-12)18(37)34-17-15(23)6-11(8-33-17)20(24,25)21(26,27)22(28,29)30/h2-3,6-8,13,31,35H,4-5,9-10,32H2,1H3,(H,33,34,37)/p+1. The second kappa shape index (κ2) is 12.8. The fraction of sp³-hybridized carbons (Fsp3) is 0.409. The molecule has 0 radical (unpaired) electrons. The Morgan fingerprint density at radius 2 is 1.95 bits per heavy atom. The number of hydrogen-bond donors (Lipinski definition) is 4. The molecular weight excluding hydrogens is 596 g/mol. The molecule has 1 aliphatic rings. The average molecular weight is 620 g/mol. The van der Waals surface area contributed by atoms with Gasteiger partial charge in [-0.2, -0.15) is 36.2 Å². The van der Waals surface area contributed by atoms with E-state index in [1.165, 1.54) is 30.8 Å². The summed E-state index contributed by atoms with van der Waals surface area (Å²) in [6, 6.07) is 3.88. The van der Waals surface area contributed by atoms with Crippen LogP contribution in [0.4, 0.5) is 46.6 Å². The maximum absolute atomic E-state index is 14.5. The number of amides is 1. The summed E-state index contributed by atoms with van der Waals surface area (Å²) in [5.41, 5.74) is -0.686. The first-order valence-corrected chi connectivity index (χ1v) is 12.2. The van der Waals surface area contributed by atoms with Gasteiger partial charge in [-0.3, -0.25) is 15.2 Å². The number of aromatic nitrogens is 1. The fourth-order valence-electron chi connectivity index (χ4n) is 3.37. The first-order chi connectivity index (χ1) is 19.1. The molecule has 1 fully saturated rings. The number of halogens is 8. The molecule has 226 valence electrons. The molecule has 1 amide bonds. The lowest BCUT2D eigenvalue weighted by Crippen LogP contribution is -2.76. The molecule has 0 spiro atoms. The first kappa shape index (κ1) is 32.4. The molecule has 3 rings (SSSR count). The molecule has 6 N–H and O–H groups in total. The number of anilines is 1. The molecule has 1 unspecified atom stereocenters. The van der Waals surface area contributed by atoms with Gasteiger partial charge in [0.2, 0.25) is 0 Å². The number of alkyl halides is 7. The van der Waals surface area contributed by atoms with Gasteiger partial charge in [-0.05, 0) is 12.1 Å². The molecule has 0 bridgehead atoms. The van der Waals surface area contributed by atoms with E-state index in [0.29, 0.717) is 30.7 Å². The second-order valence-electron chi connectivity index (χ2n) is 8.39. The maximum atomic E-state index is 14.5. The zero-order chi connectivity index (χ0) is 30.6. The smallest absolute Gasteiger partial charge is 0.376 e. The number of quaternary nitrogens is 1. The van der Waals surface area contributed by atoms with Gasteiger partial charge in [0, 0.05) is 28.8 Å². The van der Waals surface area contributed by atoms with Crippen LogP contribution in [0, 0.1) is 11.2 Å². The van der Waals surface area contributed by atoms with Crippen LogP contribution in [0.1, 0.15) is 15.9 Å². The van der Waals surface area contributed by atoms with Gasteiger partial charge in [-0.1, -0.05) is 11.8 Å². The van der Waals surface area contributed by atoms with Crippen LogP contribution in [0.2, 0.25) is 0 Å². The third-order valence-corrected chi connectivity index (χ3v) is 6.44. The Bertz CT molecular complexity index is 1260.